The lowest BCUT2D eigenvalue weighted by atomic mass is 10.00. The van der Waals surface area contributed by atoms with Crippen molar-refractivity contribution in [1.29, 1.82) is 0 Å². The standard InChI is InChI=1S/C18H23N5O.ClH/c19-15-3-1-2-13(15)10-16(24)20-14-8-6-12(7-9-14)18-21-17(22-23-18)11-4-5-11;/h6-9,11,13,15H,1-5,10,19H2,(H,20,24)(H,21,22,23);1H/t13-,15+;/m0./s1. The van der Waals surface area contributed by atoms with Crippen LogP contribution < -0.4 is 11.1 Å². The highest BCUT2D eigenvalue weighted by Crippen LogP contribution is 2.38. The van der Waals surface area contributed by atoms with Gasteiger partial charge in [0.2, 0.25) is 5.91 Å². The van der Waals surface area contributed by atoms with Gasteiger partial charge < -0.3 is 11.1 Å². The Balaban J connectivity index is 0.00000182. The zero-order valence-corrected chi connectivity index (χ0v) is 14.9. The number of carbonyl (C=O) groups excluding carboxylic acids is 1. The molecule has 7 heteroatoms. The smallest absolute Gasteiger partial charge is 0.224 e. The highest BCUT2D eigenvalue weighted by molar-refractivity contribution is 5.91. The summed E-state index contributed by atoms with van der Waals surface area (Å²) >= 11 is 0. The molecule has 0 unspecified atom stereocenters. The van der Waals surface area contributed by atoms with Gasteiger partial charge in [-0.15, -0.1) is 12.4 Å². The molecule has 1 aromatic heterocycles. The molecule has 2 aliphatic rings. The summed E-state index contributed by atoms with van der Waals surface area (Å²) in [6.45, 7) is 0. The van der Waals surface area contributed by atoms with Gasteiger partial charge in [-0.2, -0.15) is 5.10 Å². The summed E-state index contributed by atoms with van der Waals surface area (Å²) in [5.74, 6) is 2.62. The van der Waals surface area contributed by atoms with Crippen LogP contribution in [0.3, 0.4) is 0 Å². The molecule has 134 valence electrons. The van der Waals surface area contributed by atoms with Gasteiger partial charge in [-0.25, -0.2) is 4.98 Å². The zero-order chi connectivity index (χ0) is 16.5. The van der Waals surface area contributed by atoms with Crippen molar-refractivity contribution in [3.05, 3.63) is 30.1 Å². The summed E-state index contributed by atoms with van der Waals surface area (Å²) in [6.07, 6.45) is 6.13. The largest absolute Gasteiger partial charge is 0.327 e. The Morgan fingerprint density at radius 3 is 2.60 bits per heavy atom. The number of H-pyrrole nitrogens is 1. The summed E-state index contributed by atoms with van der Waals surface area (Å²) in [5.41, 5.74) is 7.79. The number of hydrogen-bond acceptors (Lipinski definition) is 4. The maximum absolute atomic E-state index is 12.2. The average Bonchev–Trinajstić information content (AvgIpc) is 3.18. The van der Waals surface area contributed by atoms with Gasteiger partial charge in [0.1, 0.15) is 5.82 Å². The minimum absolute atomic E-state index is 0. The van der Waals surface area contributed by atoms with E-state index in [4.69, 9.17) is 5.73 Å². The molecule has 6 nitrogen and oxygen atoms in total. The highest BCUT2D eigenvalue weighted by Gasteiger charge is 2.27. The Morgan fingerprint density at radius 1 is 1.20 bits per heavy atom. The fourth-order valence-electron chi connectivity index (χ4n) is 3.41. The SMILES string of the molecule is Cl.N[C@@H]1CCC[C@H]1CC(=O)Nc1ccc(-c2n[nH]c(C3CC3)n2)cc1. The Morgan fingerprint density at radius 2 is 1.96 bits per heavy atom. The van der Waals surface area contributed by atoms with Crippen molar-refractivity contribution < 1.29 is 4.79 Å². The second-order valence-corrected chi connectivity index (χ2v) is 7.00. The van der Waals surface area contributed by atoms with Crippen LogP contribution in [-0.2, 0) is 4.79 Å². The number of benzene rings is 1. The van der Waals surface area contributed by atoms with Crippen molar-refractivity contribution in [2.45, 2.75) is 50.5 Å². The normalized spacial score (nSPS) is 22.4. The fraction of sp³-hybridized carbons (Fsp3) is 0.500. The predicted octanol–water partition coefficient (Wildman–Crippen LogP) is 3.23. The molecule has 2 fully saturated rings. The summed E-state index contributed by atoms with van der Waals surface area (Å²) in [7, 11) is 0. The van der Waals surface area contributed by atoms with E-state index in [1.165, 1.54) is 12.8 Å². The number of nitrogens with two attached hydrogens (primary N) is 1. The maximum atomic E-state index is 12.2. The topological polar surface area (TPSA) is 96.7 Å². The number of amides is 1. The number of carbonyl (C=O) groups is 1. The molecule has 1 heterocycles. The Labute approximate surface area is 153 Å². The fourth-order valence-corrected chi connectivity index (χ4v) is 3.41. The van der Waals surface area contributed by atoms with Crippen molar-refractivity contribution in [2.75, 3.05) is 5.32 Å². The van der Waals surface area contributed by atoms with E-state index < -0.39 is 0 Å². The van der Waals surface area contributed by atoms with E-state index in [2.05, 4.69) is 20.5 Å². The second-order valence-electron chi connectivity index (χ2n) is 7.00. The van der Waals surface area contributed by atoms with Crippen LogP contribution in [0.15, 0.2) is 24.3 Å². The molecule has 25 heavy (non-hydrogen) atoms. The molecule has 1 amide bonds. The number of hydrogen-bond donors (Lipinski definition) is 3. The van der Waals surface area contributed by atoms with Gasteiger partial charge in [0.05, 0.1) is 0 Å². The van der Waals surface area contributed by atoms with Gasteiger partial charge >= 0.3 is 0 Å². The maximum Gasteiger partial charge on any atom is 0.224 e. The Kier molecular flexibility index (Phi) is 5.39. The quantitative estimate of drug-likeness (QED) is 0.761. The number of rotatable bonds is 5. The monoisotopic (exact) mass is 361 g/mol. The third-order valence-electron chi connectivity index (χ3n) is 5.06. The Bertz CT molecular complexity index is 725. The van der Waals surface area contributed by atoms with Crippen LogP contribution in [0.1, 0.15) is 50.3 Å². The number of nitrogens with one attached hydrogen (secondary N) is 2. The minimum atomic E-state index is 0. The van der Waals surface area contributed by atoms with Crippen LogP contribution in [0, 0.1) is 5.92 Å². The number of halogens is 1. The molecule has 1 aromatic carbocycles. The van der Waals surface area contributed by atoms with Gasteiger partial charge in [0.25, 0.3) is 0 Å². The van der Waals surface area contributed by atoms with E-state index in [1.54, 1.807) is 0 Å². The van der Waals surface area contributed by atoms with Crippen LogP contribution in [-0.4, -0.2) is 27.1 Å². The van der Waals surface area contributed by atoms with E-state index in [0.717, 1.165) is 36.3 Å². The third-order valence-corrected chi connectivity index (χ3v) is 5.06. The van der Waals surface area contributed by atoms with Gasteiger partial charge in [-0.3, -0.25) is 9.89 Å². The molecule has 0 spiro atoms. The van der Waals surface area contributed by atoms with Gasteiger partial charge in [0, 0.05) is 29.6 Å². The first-order chi connectivity index (χ1) is 11.7. The molecule has 0 aliphatic heterocycles. The number of aromatic amines is 1. The van der Waals surface area contributed by atoms with E-state index >= 15 is 0 Å². The highest BCUT2D eigenvalue weighted by atomic mass is 35.5. The molecule has 0 bridgehead atoms. The number of nitrogens with zero attached hydrogens (tertiary/aromatic N) is 2. The van der Waals surface area contributed by atoms with E-state index in [9.17, 15) is 4.79 Å². The lowest BCUT2D eigenvalue weighted by Crippen LogP contribution is -2.28. The van der Waals surface area contributed by atoms with E-state index in [0.29, 0.717) is 24.1 Å². The first-order valence-electron chi connectivity index (χ1n) is 8.77. The van der Waals surface area contributed by atoms with Gasteiger partial charge in [-0.05, 0) is 55.9 Å². The van der Waals surface area contributed by atoms with Crippen LogP contribution >= 0.6 is 12.4 Å². The molecule has 2 saturated carbocycles. The molecule has 4 rings (SSSR count). The van der Waals surface area contributed by atoms with Crippen molar-refractivity contribution >= 4 is 24.0 Å². The second kappa shape index (κ2) is 7.54. The summed E-state index contributed by atoms with van der Waals surface area (Å²) in [6, 6.07) is 7.85. The summed E-state index contributed by atoms with van der Waals surface area (Å²) < 4.78 is 0. The van der Waals surface area contributed by atoms with Gasteiger partial charge in [-0.1, -0.05) is 6.42 Å². The van der Waals surface area contributed by atoms with Gasteiger partial charge in [0.15, 0.2) is 5.82 Å². The molecular formula is C18H24ClN5O. The molecule has 0 saturated heterocycles. The van der Waals surface area contributed by atoms with Crippen LogP contribution in [0.5, 0.6) is 0 Å². The minimum Gasteiger partial charge on any atom is -0.327 e. The van der Waals surface area contributed by atoms with E-state index in [-0.39, 0.29) is 24.4 Å². The molecule has 4 N–H and O–H groups in total. The number of aromatic nitrogens is 3. The lowest BCUT2D eigenvalue weighted by Gasteiger charge is -2.14. The van der Waals surface area contributed by atoms with Crippen LogP contribution in [0.25, 0.3) is 11.4 Å². The van der Waals surface area contributed by atoms with Crippen LogP contribution in [0.4, 0.5) is 5.69 Å². The molecular weight excluding hydrogens is 338 g/mol. The third kappa shape index (κ3) is 4.19. The molecule has 0 radical (unpaired) electrons. The lowest BCUT2D eigenvalue weighted by molar-refractivity contribution is -0.117. The summed E-state index contributed by atoms with van der Waals surface area (Å²) in [5, 5.41) is 10.3. The first kappa shape index (κ1) is 17.9. The molecule has 2 aromatic rings. The van der Waals surface area contributed by atoms with Crippen molar-refractivity contribution in [3.8, 4) is 11.4 Å². The molecule has 2 aliphatic carbocycles. The zero-order valence-electron chi connectivity index (χ0n) is 14.1. The van der Waals surface area contributed by atoms with Crippen molar-refractivity contribution in [1.82, 2.24) is 15.2 Å². The first-order valence-corrected chi connectivity index (χ1v) is 8.77. The average molecular weight is 362 g/mol. The van der Waals surface area contributed by atoms with Crippen molar-refractivity contribution in [2.24, 2.45) is 11.7 Å². The van der Waals surface area contributed by atoms with E-state index in [1.807, 2.05) is 24.3 Å². The number of anilines is 1. The predicted molar refractivity (Wildman–Crippen MR) is 99.6 cm³/mol. The van der Waals surface area contributed by atoms with Crippen LogP contribution in [0.2, 0.25) is 0 Å². The molecule has 2 atom stereocenters. The Hall–Kier alpha value is -1.92. The van der Waals surface area contributed by atoms with Crippen molar-refractivity contribution in [3.63, 3.8) is 0 Å². The summed E-state index contributed by atoms with van der Waals surface area (Å²) in [4.78, 5) is 16.7.